The lowest BCUT2D eigenvalue weighted by Crippen LogP contribution is -2.32. The van der Waals surface area contributed by atoms with Gasteiger partial charge in [-0.1, -0.05) is 6.92 Å². The maximum absolute atomic E-state index is 5.51. The van der Waals surface area contributed by atoms with Crippen LogP contribution in [-0.2, 0) is 4.74 Å². The molecule has 0 aliphatic rings. The second-order valence-electron chi connectivity index (χ2n) is 3.53. The van der Waals surface area contributed by atoms with Crippen LogP contribution in [0, 0.1) is 6.92 Å². The highest BCUT2D eigenvalue weighted by Gasteiger charge is 2.11. The zero-order valence-corrected chi connectivity index (χ0v) is 9.36. The van der Waals surface area contributed by atoms with Crippen LogP contribution < -0.4 is 11.3 Å². The van der Waals surface area contributed by atoms with Crippen molar-refractivity contribution >= 4 is 0 Å². The van der Waals surface area contributed by atoms with E-state index in [1.54, 1.807) is 6.20 Å². The third-order valence-electron chi connectivity index (χ3n) is 2.27. The van der Waals surface area contributed by atoms with E-state index in [0.717, 1.165) is 24.2 Å². The standard InChI is InChI=1S/C11H19N3O/c1-3-6-15-8-11(14-12)10-4-5-13-7-9(10)2/h4-5,7,11,14H,3,6,8,12H2,1-2H3. The topological polar surface area (TPSA) is 60.2 Å². The average molecular weight is 209 g/mol. The van der Waals surface area contributed by atoms with E-state index >= 15 is 0 Å². The summed E-state index contributed by atoms with van der Waals surface area (Å²) in [4.78, 5) is 4.05. The smallest absolute Gasteiger partial charge is 0.0697 e. The zero-order chi connectivity index (χ0) is 11.1. The Hall–Kier alpha value is -0.970. The van der Waals surface area contributed by atoms with E-state index in [1.165, 1.54) is 0 Å². The van der Waals surface area contributed by atoms with Crippen LogP contribution in [0.25, 0.3) is 0 Å². The van der Waals surface area contributed by atoms with Gasteiger partial charge in [0.25, 0.3) is 0 Å². The molecule has 4 heteroatoms. The molecule has 0 spiro atoms. The van der Waals surface area contributed by atoms with Gasteiger partial charge >= 0.3 is 0 Å². The first-order chi connectivity index (χ1) is 7.29. The van der Waals surface area contributed by atoms with Crippen molar-refractivity contribution in [3.05, 3.63) is 29.6 Å². The normalized spacial score (nSPS) is 12.7. The number of rotatable bonds is 6. The van der Waals surface area contributed by atoms with Crippen LogP contribution >= 0.6 is 0 Å². The molecule has 0 saturated carbocycles. The van der Waals surface area contributed by atoms with Gasteiger partial charge in [0.15, 0.2) is 0 Å². The van der Waals surface area contributed by atoms with Gasteiger partial charge in [0.2, 0.25) is 0 Å². The van der Waals surface area contributed by atoms with E-state index in [0.29, 0.717) is 6.61 Å². The molecule has 84 valence electrons. The third-order valence-corrected chi connectivity index (χ3v) is 2.27. The molecule has 4 nitrogen and oxygen atoms in total. The van der Waals surface area contributed by atoms with Crippen molar-refractivity contribution in [2.75, 3.05) is 13.2 Å². The Labute approximate surface area is 90.8 Å². The first-order valence-corrected chi connectivity index (χ1v) is 5.24. The Morgan fingerprint density at radius 1 is 1.60 bits per heavy atom. The molecular formula is C11H19N3O. The number of nitrogens with zero attached hydrogens (tertiary/aromatic N) is 1. The van der Waals surface area contributed by atoms with Gasteiger partial charge in [0, 0.05) is 19.0 Å². The summed E-state index contributed by atoms with van der Waals surface area (Å²) in [5.74, 6) is 5.51. The second kappa shape index (κ2) is 6.50. The van der Waals surface area contributed by atoms with Crippen molar-refractivity contribution < 1.29 is 4.74 Å². The first-order valence-electron chi connectivity index (χ1n) is 5.24. The highest BCUT2D eigenvalue weighted by atomic mass is 16.5. The summed E-state index contributed by atoms with van der Waals surface area (Å²) < 4.78 is 5.48. The van der Waals surface area contributed by atoms with Crippen molar-refractivity contribution in [2.24, 2.45) is 5.84 Å². The molecule has 1 unspecified atom stereocenters. The van der Waals surface area contributed by atoms with Gasteiger partial charge in [-0.3, -0.25) is 16.3 Å². The molecule has 0 saturated heterocycles. The number of aryl methyl sites for hydroxylation is 1. The SMILES string of the molecule is CCCOCC(NN)c1ccncc1C. The van der Waals surface area contributed by atoms with Gasteiger partial charge in [-0.05, 0) is 30.5 Å². The zero-order valence-electron chi connectivity index (χ0n) is 9.36. The molecule has 1 aromatic heterocycles. The monoisotopic (exact) mass is 209 g/mol. The van der Waals surface area contributed by atoms with Crippen molar-refractivity contribution in [3.63, 3.8) is 0 Å². The Kier molecular flexibility index (Phi) is 5.25. The molecule has 1 aromatic rings. The molecule has 1 heterocycles. The number of pyridine rings is 1. The van der Waals surface area contributed by atoms with Crippen LogP contribution in [0.4, 0.5) is 0 Å². The highest BCUT2D eigenvalue weighted by molar-refractivity contribution is 5.25. The lowest BCUT2D eigenvalue weighted by atomic mass is 10.1. The number of hydrazine groups is 1. The molecule has 0 aliphatic heterocycles. The van der Waals surface area contributed by atoms with E-state index in [9.17, 15) is 0 Å². The van der Waals surface area contributed by atoms with Crippen LogP contribution in [0.2, 0.25) is 0 Å². The molecule has 3 N–H and O–H groups in total. The number of hydrogen-bond acceptors (Lipinski definition) is 4. The Morgan fingerprint density at radius 2 is 2.40 bits per heavy atom. The first kappa shape index (κ1) is 12.1. The number of nitrogens with two attached hydrogens (primary N) is 1. The maximum Gasteiger partial charge on any atom is 0.0697 e. The fourth-order valence-electron chi connectivity index (χ4n) is 1.45. The van der Waals surface area contributed by atoms with Gasteiger partial charge < -0.3 is 4.74 Å². The highest BCUT2D eigenvalue weighted by Crippen LogP contribution is 2.15. The molecule has 0 aliphatic carbocycles. The van der Waals surface area contributed by atoms with Crippen molar-refractivity contribution in [3.8, 4) is 0 Å². The lowest BCUT2D eigenvalue weighted by Gasteiger charge is -2.17. The minimum Gasteiger partial charge on any atom is -0.379 e. The van der Waals surface area contributed by atoms with E-state index in [1.807, 2.05) is 19.2 Å². The van der Waals surface area contributed by atoms with E-state index in [4.69, 9.17) is 10.6 Å². The van der Waals surface area contributed by atoms with Crippen LogP contribution in [0.15, 0.2) is 18.5 Å². The summed E-state index contributed by atoms with van der Waals surface area (Å²) in [7, 11) is 0. The molecule has 1 atom stereocenters. The second-order valence-corrected chi connectivity index (χ2v) is 3.53. The predicted molar refractivity (Wildman–Crippen MR) is 60.1 cm³/mol. The largest absolute Gasteiger partial charge is 0.379 e. The fourth-order valence-corrected chi connectivity index (χ4v) is 1.45. The molecule has 15 heavy (non-hydrogen) atoms. The van der Waals surface area contributed by atoms with Gasteiger partial charge in [0.05, 0.1) is 12.6 Å². The summed E-state index contributed by atoms with van der Waals surface area (Å²) in [6.45, 7) is 5.46. The minimum absolute atomic E-state index is 0.0412. The minimum atomic E-state index is 0.0412. The van der Waals surface area contributed by atoms with Crippen molar-refractivity contribution in [1.82, 2.24) is 10.4 Å². The Bertz CT molecular complexity index is 291. The maximum atomic E-state index is 5.51. The fraction of sp³-hybridized carbons (Fsp3) is 0.545. The molecule has 0 amide bonds. The number of hydrogen-bond donors (Lipinski definition) is 2. The van der Waals surface area contributed by atoms with Gasteiger partial charge in [0.1, 0.15) is 0 Å². The Balaban J connectivity index is 2.61. The summed E-state index contributed by atoms with van der Waals surface area (Å²) in [6, 6.07) is 2.01. The number of ether oxygens (including phenoxy) is 1. The third kappa shape index (κ3) is 3.58. The van der Waals surface area contributed by atoms with Crippen molar-refractivity contribution in [2.45, 2.75) is 26.3 Å². The van der Waals surface area contributed by atoms with Crippen LogP contribution in [0.1, 0.15) is 30.5 Å². The molecule has 0 radical (unpaired) electrons. The Morgan fingerprint density at radius 3 is 3.00 bits per heavy atom. The van der Waals surface area contributed by atoms with Gasteiger partial charge in [-0.2, -0.15) is 0 Å². The average Bonchev–Trinajstić information content (AvgIpc) is 2.26. The van der Waals surface area contributed by atoms with Gasteiger partial charge in [-0.15, -0.1) is 0 Å². The molecule has 0 bridgehead atoms. The van der Waals surface area contributed by atoms with Crippen LogP contribution in [0.3, 0.4) is 0 Å². The molecule has 1 rings (SSSR count). The van der Waals surface area contributed by atoms with Crippen LogP contribution in [0.5, 0.6) is 0 Å². The summed E-state index contributed by atoms with van der Waals surface area (Å²) >= 11 is 0. The molecule has 0 fully saturated rings. The lowest BCUT2D eigenvalue weighted by molar-refractivity contribution is 0.112. The quantitative estimate of drug-likeness (QED) is 0.421. The van der Waals surface area contributed by atoms with E-state index in [-0.39, 0.29) is 6.04 Å². The molecule has 0 aromatic carbocycles. The number of nitrogens with one attached hydrogen (secondary N) is 1. The van der Waals surface area contributed by atoms with Gasteiger partial charge in [-0.25, -0.2) is 0 Å². The predicted octanol–water partition coefficient (Wildman–Crippen LogP) is 1.32. The van der Waals surface area contributed by atoms with Crippen molar-refractivity contribution in [1.29, 1.82) is 0 Å². The summed E-state index contributed by atoms with van der Waals surface area (Å²) in [6.07, 6.45) is 4.62. The molecular weight excluding hydrogens is 190 g/mol. The van der Waals surface area contributed by atoms with E-state index in [2.05, 4.69) is 17.3 Å². The summed E-state index contributed by atoms with van der Waals surface area (Å²) in [5, 5.41) is 0. The van der Waals surface area contributed by atoms with E-state index < -0.39 is 0 Å². The number of aromatic nitrogens is 1. The summed E-state index contributed by atoms with van der Waals surface area (Å²) in [5.41, 5.74) is 5.03. The van der Waals surface area contributed by atoms with Crippen LogP contribution in [-0.4, -0.2) is 18.2 Å².